The van der Waals surface area contributed by atoms with Crippen LogP contribution in [0.4, 0.5) is 17.5 Å². The third-order valence-corrected chi connectivity index (χ3v) is 4.96. The van der Waals surface area contributed by atoms with Crippen LogP contribution in [-0.2, 0) is 0 Å². The van der Waals surface area contributed by atoms with Crippen molar-refractivity contribution in [1.29, 1.82) is 0 Å². The second-order valence-electron chi connectivity index (χ2n) is 6.62. The largest absolute Gasteiger partial charge is 0.368 e. The molecule has 0 bridgehead atoms. The Morgan fingerprint density at radius 2 is 1.79 bits per heavy atom. The summed E-state index contributed by atoms with van der Waals surface area (Å²) >= 11 is 0. The van der Waals surface area contributed by atoms with E-state index < -0.39 is 0 Å². The average Bonchev–Trinajstić information content (AvgIpc) is 2.59. The first kappa shape index (κ1) is 15.1. The molecule has 2 aromatic rings. The number of nitrogen functional groups attached to an aromatic ring is 1. The van der Waals surface area contributed by atoms with Crippen LogP contribution in [0.1, 0.15) is 24.5 Å². The van der Waals surface area contributed by atoms with Crippen LogP contribution >= 0.6 is 0 Å². The molecule has 0 amide bonds. The van der Waals surface area contributed by atoms with Gasteiger partial charge < -0.3 is 21.3 Å². The second-order valence-corrected chi connectivity index (χ2v) is 6.62. The lowest BCUT2D eigenvalue weighted by Gasteiger charge is -2.37. The molecule has 1 aliphatic heterocycles. The predicted octanol–water partition coefficient (Wildman–Crippen LogP) is 0.985. The summed E-state index contributed by atoms with van der Waals surface area (Å²) in [5.74, 6) is 1.72. The number of anilines is 3. The lowest BCUT2D eigenvalue weighted by atomic mass is 9.78. The number of hydrogen-bond acceptors (Lipinski definition) is 7. The Morgan fingerprint density at radius 3 is 2.46 bits per heavy atom. The Morgan fingerprint density at radius 1 is 1.04 bits per heavy atom. The Balaban J connectivity index is 1.45. The Kier molecular flexibility index (Phi) is 3.93. The van der Waals surface area contributed by atoms with Gasteiger partial charge in [0.2, 0.25) is 5.95 Å². The summed E-state index contributed by atoms with van der Waals surface area (Å²) in [4.78, 5) is 17.7. The van der Waals surface area contributed by atoms with Crippen molar-refractivity contribution in [3.63, 3.8) is 0 Å². The molecule has 1 aliphatic carbocycles. The Bertz CT molecular complexity index is 691. The molecule has 4 rings (SSSR count). The molecule has 1 saturated carbocycles. The number of rotatable bonds is 3. The van der Waals surface area contributed by atoms with Crippen LogP contribution in [0.5, 0.6) is 0 Å². The first-order chi connectivity index (χ1) is 11.7. The highest BCUT2D eigenvalue weighted by molar-refractivity contribution is 5.49. The molecular formula is C17H23N7. The number of nitrogens with two attached hydrogens (primary N) is 2. The van der Waals surface area contributed by atoms with Crippen LogP contribution in [0.2, 0.25) is 0 Å². The fourth-order valence-electron chi connectivity index (χ4n) is 3.48. The number of hydrogen-bond donors (Lipinski definition) is 2. The summed E-state index contributed by atoms with van der Waals surface area (Å²) in [5.41, 5.74) is 14.0. The van der Waals surface area contributed by atoms with E-state index in [0.29, 0.717) is 17.9 Å². The van der Waals surface area contributed by atoms with Crippen molar-refractivity contribution in [2.75, 3.05) is 41.7 Å². The zero-order valence-electron chi connectivity index (χ0n) is 13.7. The summed E-state index contributed by atoms with van der Waals surface area (Å²) in [5, 5.41) is 0. The number of aromatic nitrogens is 3. The summed E-state index contributed by atoms with van der Waals surface area (Å²) in [6, 6.07) is 6.47. The quantitative estimate of drug-likeness (QED) is 0.868. The van der Waals surface area contributed by atoms with Gasteiger partial charge in [-0.05, 0) is 25.0 Å². The van der Waals surface area contributed by atoms with Crippen molar-refractivity contribution in [3.05, 3.63) is 36.3 Å². The van der Waals surface area contributed by atoms with Crippen molar-refractivity contribution in [2.24, 2.45) is 5.73 Å². The lowest BCUT2D eigenvalue weighted by Crippen LogP contribution is -2.47. The van der Waals surface area contributed by atoms with Gasteiger partial charge in [0.25, 0.3) is 0 Å². The number of nitrogens with zero attached hydrogens (tertiary/aromatic N) is 5. The Labute approximate surface area is 141 Å². The molecule has 2 aromatic heterocycles. The zero-order valence-corrected chi connectivity index (χ0v) is 13.7. The van der Waals surface area contributed by atoms with Gasteiger partial charge in [0, 0.05) is 50.4 Å². The van der Waals surface area contributed by atoms with Crippen LogP contribution < -0.4 is 21.3 Å². The molecule has 4 N–H and O–H groups in total. The van der Waals surface area contributed by atoms with Gasteiger partial charge in [0.05, 0.1) is 17.6 Å². The standard InChI is InChI=1S/C17H23N7/c18-13-8-12(9-13)15-10-16(22-17(19)21-15)24-6-4-23(5-7-24)14-2-1-3-20-11-14/h1-3,10-13H,4-9,18H2,(H2,19,21,22). The minimum Gasteiger partial charge on any atom is -0.368 e. The van der Waals surface area contributed by atoms with Gasteiger partial charge in [-0.3, -0.25) is 4.98 Å². The van der Waals surface area contributed by atoms with Crippen LogP contribution in [0.3, 0.4) is 0 Å². The van der Waals surface area contributed by atoms with Crippen LogP contribution in [-0.4, -0.2) is 47.2 Å². The Hall–Kier alpha value is -2.41. The van der Waals surface area contributed by atoms with Crippen LogP contribution in [0.25, 0.3) is 0 Å². The molecule has 3 heterocycles. The molecule has 7 nitrogen and oxygen atoms in total. The summed E-state index contributed by atoms with van der Waals surface area (Å²) < 4.78 is 0. The monoisotopic (exact) mass is 325 g/mol. The fourth-order valence-corrected chi connectivity index (χ4v) is 3.48. The van der Waals surface area contributed by atoms with Gasteiger partial charge in [-0.25, -0.2) is 4.98 Å². The molecule has 2 fully saturated rings. The van der Waals surface area contributed by atoms with Crippen molar-refractivity contribution in [3.8, 4) is 0 Å². The summed E-state index contributed by atoms with van der Waals surface area (Å²) in [6.07, 6.45) is 5.70. The van der Waals surface area contributed by atoms with E-state index in [4.69, 9.17) is 11.5 Å². The normalized spacial score (nSPS) is 23.9. The highest BCUT2D eigenvalue weighted by Crippen LogP contribution is 2.36. The average molecular weight is 325 g/mol. The minimum absolute atomic E-state index is 0.303. The number of piperazine rings is 1. The molecular weight excluding hydrogens is 302 g/mol. The van der Waals surface area contributed by atoms with Crippen LogP contribution in [0.15, 0.2) is 30.6 Å². The van der Waals surface area contributed by atoms with Crippen LogP contribution in [0, 0.1) is 0 Å². The van der Waals surface area contributed by atoms with E-state index >= 15 is 0 Å². The van der Waals surface area contributed by atoms with Crippen molar-refractivity contribution < 1.29 is 0 Å². The molecule has 0 unspecified atom stereocenters. The topological polar surface area (TPSA) is 97.2 Å². The summed E-state index contributed by atoms with van der Waals surface area (Å²) in [6.45, 7) is 3.71. The van der Waals surface area contributed by atoms with E-state index in [2.05, 4.69) is 36.9 Å². The van der Waals surface area contributed by atoms with E-state index in [-0.39, 0.29) is 0 Å². The molecule has 2 aliphatic rings. The molecule has 0 aromatic carbocycles. The maximum absolute atomic E-state index is 5.94. The van der Waals surface area contributed by atoms with Gasteiger partial charge in [0.1, 0.15) is 5.82 Å². The zero-order chi connectivity index (χ0) is 16.5. The van der Waals surface area contributed by atoms with Gasteiger partial charge in [-0.2, -0.15) is 4.98 Å². The highest BCUT2D eigenvalue weighted by atomic mass is 15.3. The van der Waals surface area contributed by atoms with E-state index in [9.17, 15) is 0 Å². The minimum atomic E-state index is 0.303. The SMILES string of the molecule is Nc1nc(C2CC(N)C2)cc(N2CCN(c3cccnc3)CC2)n1. The second kappa shape index (κ2) is 6.24. The molecule has 0 atom stereocenters. The fraction of sp³-hybridized carbons (Fsp3) is 0.471. The van der Waals surface area contributed by atoms with Gasteiger partial charge in [0.15, 0.2) is 0 Å². The van der Waals surface area contributed by atoms with E-state index in [1.165, 1.54) is 5.69 Å². The van der Waals surface area contributed by atoms with E-state index in [0.717, 1.165) is 50.5 Å². The predicted molar refractivity (Wildman–Crippen MR) is 95.1 cm³/mol. The maximum Gasteiger partial charge on any atom is 0.222 e. The van der Waals surface area contributed by atoms with E-state index in [1.807, 2.05) is 12.3 Å². The van der Waals surface area contributed by atoms with Crippen molar-refractivity contribution in [2.45, 2.75) is 24.8 Å². The van der Waals surface area contributed by atoms with Gasteiger partial charge in [-0.15, -0.1) is 0 Å². The van der Waals surface area contributed by atoms with Gasteiger partial charge >= 0.3 is 0 Å². The van der Waals surface area contributed by atoms with Crippen molar-refractivity contribution >= 4 is 17.5 Å². The van der Waals surface area contributed by atoms with Gasteiger partial charge in [-0.1, -0.05) is 0 Å². The van der Waals surface area contributed by atoms with Crippen molar-refractivity contribution in [1.82, 2.24) is 15.0 Å². The first-order valence-electron chi connectivity index (χ1n) is 8.49. The molecule has 0 spiro atoms. The van der Waals surface area contributed by atoms with E-state index in [1.54, 1.807) is 6.20 Å². The highest BCUT2D eigenvalue weighted by Gasteiger charge is 2.29. The first-order valence-corrected chi connectivity index (χ1v) is 8.49. The molecule has 0 radical (unpaired) electrons. The smallest absolute Gasteiger partial charge is 0.222 e. The number of pyridine rings is 1. The lowest BCUT2D eigenvalue weighted by molar-refractivity contribution is 0.345. The third kappa shape index (κ3) is 2.99. The third-order valence-electron chi connectivity index (χ3n) is 4.96. The molecule has 126 valence electrons. The molecule has 7 heteroatoms. The summed E-state index contributed by atoms with van der Waals surface area (Å²) in [7, 11) is 0. The molecule has 1 saturated heterocycles. The maximum atomic E-state index is 5.94. The molecule has 24 heavy (non-hydrogen) atoms.